The quantitative estimate of drug-likeness (QED) is 0.788. The highest BCUT2D eigenvalue weighted by Crippen LogP contribution is 2.34. The minimum Gasteiger partial charge on any atom is -0.492 e. The summed E-state index contributed by atoms with van der Waals surface area (Å²) >= 11 is 0. The van der Waals surface area contributed by atoms with Gasteiger partial charge in [-0.1, -0.05) is 42.5 Å². The fourth-order valence-electron chi connectivity index (χ4n) is 3.98. The van der Waals surface area contributed by atoms with Crippen LogP contribution in [0.4, 0.5) is 0 Å². The fraction of sp³-hybridized carbons (Fsp3) is 0.478. The Balaban J connectivity index is 1.61. The molecule has 3 rings (SSSR count). The molecule has 1 aliphatic rings. The Labute approximate surface area is 162 Å². The lowest BCUT2D eigenvalue weighted by atomic mass is 9.73. The molecule has 0 amide bonds. The predicted molar refractivity (Wildman–Crippen MR) is 108 cm³/mol. The summed E-state index contributed by atoms with van der Waals surface area (Å²) in [7, 11) is 0. The summed E-state index contributed by atoms with van der Waals surface area (Å²) in [6, 6.07) is 16.2. The van der Waals surface area contributed by atoms with Gasteiger partial charge >= 0.3 is 0 Å². The Morgan fingerprint density at radius 3 is 2.63 bits per heavy atom. The van der Waals surface area contributed by atoms with Gasteiger partial charge in [-0.15, -0.1) is 0 Å². The van der Waals surface area contributed by atoms with E-state index in [0.717, 1.165) is 24.4 Å². The van der Waals surface area contributed by atoms with Crippen LogP contribution in [-0.2, 0) is 6.42 Å². The molecule has 0 spiro atoms. The van der Waals surface area contributed by atoms with Gasteiger partial charge in [-0.3, -0.25) is 4.90 Å². The monoisotopic (exact) mass is 369 g/mol. The second-order valence-electron chi connectivity index (χ2n) is 7.81. The molecule has 1 fully saturated rings. The number of likely N-dealkylation sites (tertiary alicyclic amines) is 1. The lowest BCUT2D eigenvalue weighted by molar-refractivity contribution is -0.0763. The molecule has 0 radical (unpaired) electrons. The highest BCUT2D eigenvalue weighted by Gasteiger charge is 2.42. The molecule has 0 aromatic heterocycles. The first kappa shape index (κ1) is 19.9. The number of nitrogens with zero attached hydrogens (tertiary/aromatic N) is 1. The van der Waals surface area contributed by atoms with Crippen LogP contribution in [0.2, 0.25) is 0 Å². The van der Waals surface area contributed by atoms with Crippen molar-refractivity contribution < 1.29 is 14.9 Å². The maximum Gasteiger partial charge on any atom is 0.122 e. The van der Waals surface area contributed by atoms with E-state index in [1.165, 1.54) is 11.1 Å². The van der Waals surface area contributed by atoms with Crippen molar-refractivity contribution >= 4 is 0 Å². The second kappa shape index (κ2) is 8.87. The molecule has 2 aromatic carbocycles. The molecule has 0 aliphatic carbocycles. The lowest BCUT2D eigenvalue weighted by Crippen LogP contribution is -2.55. The van der Waals surface area contributed by atoms with Gasteiger partial charge in [0.05, 0.1) is 12.7 Å². The molecular weight excluding hydrogens is 338 g/mol. The van der Waals surface area contributed by atoms with Crippen LogP contribution >= 0.6 is 0 Å². The summed E-state index contributed by atoms with van der Waals surface area (Å²) in [4.78, 5) is 2.30. The van der Waals surface area contributed by atoms with Gasteiger partial charge in [0.25, 0.3) is 0 Å². The van der Waals surface area contributed by atoms with E-state index in [9.17, 15) is 10.2 Å². The molecule has 0 unspecified atom stereocenters. The van der Waals surface area contributed by atoms with E-state index in [1.54, 1.807) is 0 Å². The number of rotatable bonds is 7. The van der Waals surface area contributed by atoms with E-state index < -0.39 is 11.5 Å². The van der Waals surface area contributed by atoms with Gasteiger partial charge < -0.3 is 14.9 Å². The third kappa shape index (κ3) is 4.70. The Hall–Kier alpha value is -1.88. The summed E-state index contributed by atoms with van der Waals surface area (Å²) in [6.45, 7) is 7.05. The molecule has 4 nitrogen and oxygen atoms in total. The van der Waals surface area contributed by atoms with Gasteiger partial charge in [0, 0.05) is 25.0 Å². The standard InChI is InChI=1S/C23H31NO3/c1-18-7-6-10-21(19(18)2)27-14-13-24-12-11-22(26)23(16-24,17-25)15-20-8-4-3-5-9-20/h3-10,22,25-26H,11-17H2,1-2H3/t22-,23+/m0/s1. The fourth-order valence-corrected chi connectivity index (χ4v) is 3.98. The zero-order chi connectivity index (χ0) is 19.3. The summed E-state index contributed by atoms with van der Waals surface area (Å²) in [6.07, 6.45) is 0.871. The third-order valence-corrected chi connectivity index (χ3v) is 5.90. The first-order valence-corrected chi connectivity index (χ1v) is 9.78. The molecule has 0 saturated carbocycles. The van der Waals surface area contributed by atoms with Crippen LogP contribution in [0, 0.1) is 19.3 Å². The Bertz CT molecular complexity index is 734. The molecule has 0 bridgehead atoms. The maximum absolute atomic E-state index is 10.7. The number of hydrogen-bond donors (Lipinski definition) is 2. The first-order valence-electron chi connectivity index (χ1n) is 9.78. The maximum atomic E-state index is 10.7. The number of piperidine rings is 1. The normalized spacial score (nSPS) is 23.3. The van der Waals surface area contributed by atoms with Crippen LogP contribution in [0.1, 0.15) is 23.1 Å². The molecular formula is C23H31NO3. The highest BCUT2D eigenvalue weighted by molar-refractivity contribution is 5.38. The average Bonchev–Trinajstić information content (AvgIpc) is 2.68. The van der Waals surface area contributed by atoms with Crippen molar-refractivity contribution in [1.29, 1.82) is 0 Å². The molecule has 4 heteroatoms. The van der Waals surface area contributed by atoms with Crippen molar-refractivity contribution in [3.8, 4) is 5.75 Å². The number of aliphatic hydroxyl groups is 2. The van der Waals surface area contributed by atoms with Gasteiger partial charge in [-0.25, -0.2) is 0 Å². The van der Waals surface area contributed by atoms with E-state index >= 15 is 0 Å². The molecule has 2 atom stereocenters. The lowest BCUT2D eigenvalue weighted by Gasteiger charge is -2.45. The minimum absolute atomic E-state index is 0.0165. The van der Waals surface area contributed by atoms with Gasteiger partial charge in [0.15, 0.2) is 0 Å². The zero-order valence-electron chi connectivity index (χ0n) is 16.4. The third-order valence-electron chi connectivity index (χ3n) is 5.90. The van der Waals surface area contributed by atoms with Crippen LogP contribution in [0.5, 0.6) is 5.75 Å². The first-order chi connectivity index (χ1) is 13.0. The number of ether oxygens (including phenoxy) is 1. The van der Waals surface area contributed by atoms with Crippen LogP contribution < -0.4 is 4.74 Å². The van der Waals surface area contributed by atoms with Crippen molar-refractivity contribution in [3.63, 3.8) is 0 Å². The summed E-state index contributed by atoms with van der Waals surface area (Å²) in [5.74, 6) is 0.935. The van der Waals surface area contributed by atoms with E-state index in [0.29, 0.717) is 26.0 Å². The molecule has 1 heterocycles. The van der Waals surface area contributed by atoms with Crippen molar-refractivity contribution in [1.82, 2.24) is 4.90 Å². The van der Waals surface area contributed by atoms with Crippen LogP contribution in [0.3, 0.4) is 0 Å². The minimum atomic E-state index is -0.515. The molecule has 27 heavy (non-hydrogen) atoms. The van der Waals surface area contributed by atoms with E-state index in [1.807, 2.05) is 30.3 Å². The topological polar surface area (TPSA) is 52.9 Å². The molecule has 146 valence electrons. The van der Waals surface area contributed by atoms with Crippen LogP contribution in [-0.4, -0.2) is 54.1 Å². The Kier molecular flexibility index (Phi) is 6.53. The molecule has 1 saturated heterocycles. The van der Waals surface area contributed by atoms with Crippen LogP contribution in [0.15, 0.2) is 48.5 Å². The van der Waals surface area contributed by atoms with E-state index in [-0.39, 0.29) is 6.61 Å². The Morgan fingerprint density at radius 1 is 1.11 bits per heavy atom. The largest absolute Gasteiger partial charge is 0.492 e. The van der Waals surface area contributed by atoms with E-state index in [2.05, 4.69) is 36.9 Å². The second-order valence-corrected chi connectivity index (χ2v) is 7.81. The molecule has 2 aromatic rings. The highest BCUT2D eigenvalue weighted by atomic mass is 16.5. The average molecular weight is 370 g/mol. The van der Waals surface area contributed by atoms with Crippen molar-refractivity contribution in [3.05, 3.63) is 65.2 Å². The number of aliphatic hydroxyl groups excluding tert-OH is 2. The summed E-state index contributed by atoms with van der Waals surface area (Å²) < 4.78 is 6.00. The predicted octanol–water partition coefficient (Wildman–Crippen LogP) is 2.97. The van der Waals surface area contributed by atoms with Crippen molar-refractivity contribution in [2.45, 2.75) is 32.8 Å². The van der Waals surface area contributed by atoms with Gasteiger partial charge in [-0.05, 0) is 49.4 Å². The van der Waals surface area contributed by atoms with Gasteiger partial charge in [-0.2, -0.15) is 0 Å². The number of hydrogen-bond acceptors (Lipinski definition) is 4. The van der Waals surface area contributed by atoms with Crippen molar-refractivity contribution in [2.24, 2.45) is 5.41 Å². The SMILES string of the molecule is Cc1cccc(OCCN2CC[C@H](O)[C@](CO)(Cc3ccccc3)C2)c1C. The molecule has 2 N–H and O–H groups in total. The zero-order valence-corrected chi connectivity index (χ0v) is 16.4. The summed E-state index contributed by atoms with van der Waals surface area (Å²) in [5, 5.41) is 20.8. The van der Waals surface area contributed by atoms with Gasteiger partial charge in [0.2, 0.25) is 0 Å². The van der Waals surface area contributed by atoms with Crippen molar-refractivity contribution in [2.75, 3.05) is 32.8 Å². The summed E-state index contributed by atoms with van der Waals surface area (Å²) in [5.41, 5.74) is 3.05. The molecule has 1 aliphatic heterocycles. The number of benzene rings is 2. The number of aryl methyl sites for hydroxylation is 1. The van der Waals surface area contributed by atoms with Crippen LogP contribution in [0.25, 0.3) is 0 Å². The smallest absolute Gasteiger partial charge is 0.122 e. The van der Waals surface area contributed by atoms with Gasteiger partial charge in [0.1, 0.15) is 12.4 Å². The Morgan fingerprint density at radius 2 is 1.89 bits per heavy atom. The van der Waals surface area contributed by atoms with E-state index in [4.69, 9.17) is 4.74 Å².